The summed E-state index contributed by atoms with van der Waals surface area (Å²) in [6, 6.07) is -0.661. The first kappa shape index (κ1) is 14.3. The molecule has 0 spiro atoms. The molecule has 1 aliphatic carbocycles. The molecule has 1 aliphatic heterocycles. The number of carboxylic acids is 1. The van der Waals surface area contributed by atoms with E-state index in [0.29, 0.717) is 25.7 Å². The van der Waals surface area contributed by atoms with Gasteiger partial charge in [0.15, 0.2) is 0 Å². The molecular weight excluding hydrogens is 250 g/mol. The van der Waals surface area contributed by atoms with E-state index in [1.807, 2.05) is 0 Å². The normalized spacial score (nSPS) is 29.5. The maximum absolute atomic E-state index is 12.1. The van der Waals surface area contributed by atoms with Gasteiger partial charge >= 0.3 is 5.97 Å². The molecule has 3 unspecified atom stereocenters. The smallest absolute Gasteiger partial charge is 0.326 e. The summed E-state index contributed by atoms with van der Waals surface area (Å²) in [6.45, 7) is 1.28. The molecule has 0 aromatic heterocycles. The van der Waals surface area contributed by atoms with Crippen molar-refractivity contribution in [3.63, 3.8) is 0 Å². The standard InChI is InChI=1S/C13H21NO5/c1-18-5-6-19-8-11(15)14-7-9-3-2-4-10(9)12(14)13(16)17/h9-10,12H,2-8H2,1H3,(H,16,17). The van der Waals surface area contributed by atoms with Crippen LogP contribution in [0.4, 0.5) is 0 Å². The second-order valence-electron chi connectivity index (χ2n) is 5.23. The van der Waals surface area contributed by atoms with E-state index in [1.54, 1.807) is 7.11 Å². The van der Waals surface area contributed by atoms with Crippen LogP contribution < -0.4 is 0 Å². The molecule has 1 N–H and O–H groups in total. The van der Waals surface area contributed by atoms with E-state index in [1.165, 1.54) is 4.90 Å². The third-order valence-corrected chi connectivity index (χ3v) is 4.12. The lowest BCUT2D eigenvalue weighted by atomic mass is 9.94. The molecule has 19 heavy (non-hydrogen) atoms. The van der Waals surface area contributed by atoms with Gasteiger partial charge in [-0.25, -0.2) is 4.79 Å². The number of likely N-dealkylation sites (tertiary alicyclic amines) is 1. The number of methoxy groups -OCH3 is 1. The molecule has 2 aliphatic rings. The van der Waals surface area contributed by atoms with Crippen molar-refractivity contribution in [2.75, 3.05) is 33.5 Å². The van der Waals surface area contributed by atoms with Gasteiger partial charge in [0.1, 0.15) is 12.6 Å². The van der Waals surface area contributed by atoms with Crippen LogP contribution in [0.15, 0.2) is 0 Å². The average molecular weight is 271 g/mol. The fraction of sp³-hybridized carbons (Fsp3) is 0.846. The Bertz CT molecular complexity index is 346. The monoisotopic (exact) mass is 271 g/mol. The molecule has 1 saturated carbocycles. The van der Waals surface area contributed by atoms with E-state index in [4.69, 9.17) is 9.47 Å². The molecule has 1 heterocycles. The SMILES string of the molecule is COCCOCC(=O)N1CC2CCCC2C1C(=O)O. The van der Waals surface area contributed by atoms with Gasteiger partial charge in [-0.15, -0.1) is 0 Å². The van der Waals surface area contributed by atoms with Gasteiger partial charge in [-0.1, -0.05) is 6.42 Å². The topological polar surface area (TPSA) is 76.1 Å². The van der Waals surface area contributed by atoms with Crippen LogP contribution in [0.5, 0.6) is 0 Å². The molecule has 2 rings (SSSR count). The molecule has 0 bridgehead atoms. The number of amides is 1. The van der Waals surface area contributed by atoms with Crippen LogP contribution in [-0.2, 0) is 19.1 Å². The van der Waals surface area contributed by atoms with Crippen LogP contribution in [0.25, 0.3) is 0 Å². The quantitative estimate of drug-likeness (QED) is 0.706. The summed E-state index contributed by atoms with van der Waals surface area (Å²) < 4.78 is 10.0. The molecule has 6 heteroatoms. The van der Waals surface area contributed by atoms with Gasteiger partial charge in [0.2, 0.25) is 5.91 Å². The third-order valence-electron chi connectivity index (χ3n) is 4.12. The number of rotatable bonds is 6. The minimum atomic E-state index is -0.889. The van der Waals surface area contributed by atoms with Crippen molar-refractivity contribution in [3.05, 3.63) is 0 Å². The second-order valence-corrected chi connectivity index (χ2v) is 5.23. The minimum Gasteiger partial charge on any atom is -0.480 e. The molecular formula is C13H21NO5. The highest BCUT2D eigenvalue weighted by Crippen LogP contribution is 2.42. The second kappa shape index (κ2) is 6.34. The Hall–Kier alpha value is -1.14. The minimum absolute atomic E-state index is 0.0629. The van der Waals surface area contributed by atoms with Crippen molar-refractivity contribution >= 4 is 11.9 Å². The summed E-state index contributed by atoms with van der Waals surface area (Å²) in [5, 5.41) is 9.33. The van der Waals surface area contributed by atoms with Gasteiger partial charge in [0.05, 0.1) is 13.2 Å². The van der Waals surface area contributed by atoms with E-state index in [2.05, 4.69) is 0 Å². The van der Waals surface area contributed by atoms with Gasteiger partial charge in [-0.3, -0.25) is 4.79 Å². The van der Waals surface area contributed by atoms with E-state index >= 15 is 0 Å². The van der Waals surface area contributed by atoms with Crippen molar-refractivity contribution < 1.29 is 24.2 Å². The number of aliphatic carboxylic acids is 1. The average Bonchev–Trinajstić information content (AvgIpc) is 2.93. The highest BCUT2D eigenvalue weighted by molar-refractivity contribution is 5.85. The molecule has 0 aromatic rings. The number of hydrogen-bond donors (Lipinski definition) is 1. The molecule has 0 aromatic carbocycles. The van der Waals surface area contributed by atoms with Gasteiger partial charge < -0.3 is 19.5 Å². The first-order valence-corrected chi connectivity index (χ1v) is 6.74. The van der Waals surface area contributed by atoms with Gasteiger partial charge in [0, 0.05) is 13.7 Å². The van der Waals surface area contributed by atoms with Crippen LogP contribution in [0.3, 0.4) is 0 Å². The van der Waals surface area contributed by atoms with Gasteiger partial charge in [0.25, 0.3) is 0 Å². The Kier molecular flexibility index (Phi) is 4.76. The fourth-order valence-corrected chi connectivity index (χ4v) is 3.26. The zero-order valence-electron chi connectivity index (χ0n) is 11.2. The number of carbonyl (C=O) groups excluding carboxylic acids is 1. The number of carbonyl (C=O) groups is 2. The van der Waals surface area contributed by atoms with E-state index < -0.39 is 12.0 Å². The van der Waals surface area contributed by atoms with E-state index in [0.717, 1.165) is 19.3 Å². The molecule has 3 atom stereocenters. The van der Waals surface area contributed by atoms with Gasteiger partial charge in [-0.05, 0) is 24.7 Å². The lowest BCUT2D eigenvalue weighted by Gasteiger charge is -2.24. The lowest BCUT2D eigenvalue weighted by Crippen LogP contribution is -2.44. The number of nitrogens with zero attached hydrogens (tertiary/aromatic N) is 1. The van der Waals surface area contributed by atoms with Crippen molar-refractivity contribution in [1.29, 1.82) is 0 Å². The van der Waals surface area contributed by atoms with Crippen molar-refractivity contribution in [3.8, 4) is 0 Å². The largest absolute Gasteiger partial charge is 0.480 e. The third kappa shape index (κ3) is 3.06. The lowest BCUT2D eigenvalue weighted by molar-refractivity contribution is -0.151. The predicted octanol–water partition coefficient (Wildman–Crippen LogP) is 0.361. The Morgan fingerprint density at radius 2 is 2.11 bits per heavy atom. The summed E-state index contributed by atoms with van der Waals surface area (Å²) in [5.41, 5.74) is 0. The number of carboxylic acid groups (broad SMARTS) is 1. The van der Waals surface area contributed by atoms with E-state index in [9.17, 15) is 14.7 Å². The van der Waals surface area contributed by atoms with Crippen molar-refractivity contribution in [2.45, 2.75) is 25.3 Å². The summed E-state index contributed by atoms with van der Waals surface area (Å²) in [5.74, 6) is -0.637. The fourth-order valence-electron chi connectivity index (χ4n) is 3.26. The summed E-state index contributed by atoms with van der Waals surface area (Å²) in [6.07, 6.45) is 3.02. The maximum atomic E-state index is 12.1. The Morgan fingerprint density at radius 3 is 2.79 bits per heavy atom. The zero-order valence-corrected chi connectivity index (χ0v) is 11.2. The number of hydrogen-bond acceptors (Lipinski definition) is 4. The van der Waals surface area contributed by atoms with Crippen LogP contribution in [-0.4, -0.2) is 61.4 Å². The Balaban J connectivity index is 1.91. The molecule has 6 nitrogen and oxygen atoms in total. The Labute approximate surface area is 112 Å². The molecule has 0 radical (unpaired) electrons. The molecule has 1 saturated heterocycles. The zero-order chi connectivity index (χ0) is 13.8. The van der Waals surface area contributed by atoms with Crippen molar-refractivity contribution in [1.82, 2.24) is 4.90 Å². The molecule has 108 valence electrons. The first-order valence-electron chi connectivity index (χ1n) is 6.74. The van der Waals surface area contributed by atoms with Crippen LogP contribution in [0, 0.1) is 11.8 Å². The van der Waals surface area contributed by atoms with Crippen LogP contribution >= 0.6 is 0 Å². The number of fused-ring (bicyclic) bond motifs is 1. The summed E-state index contributed by atoms with van der Waals surface area (Å²) in [4.78, 5) is 24.9. The molecule has 2 fully saturated rings. The van der Waals surface area contributed by atoms with Crippen molar-refractivity contribution in [2.24, 2.45) is 11.8 Å². The van der Waals surface area contributed by atoms with E-state index in [-0.39, 0.29) is 18.4 Å². The van der Waals surface area contributed by atoms with Crippen LogP contribution in [0.1, 0.15) is 19.3 Å². The highest BCUT2D eigenvalue weighted by Gasteiger charge is 2.49. The Morgan fingerprint density at radius 1 is 1.32 bits per heavy atom. The van der Waals surface area contributed by atoms with Gasteiger partial charge in [-0.2, -0.15) is 0 Å². The highest BCUT2D eigenvalue weighted by atomic mass is 16.5. The first-order chi connectivity index (χ1) is 9.15. The van der Waals surface area contributed by atoms with Crippen LogP contribution in [0.2, 0.25) is 0 Å². The number of ether oxygens (including phenoxy) is 2. The molecule has 1 amide bonds. The summed E-state index contributed by atoms with van der Waals surface area (Å²) in [7, 11) is 1.56. The predicted molar refractivity (Wildman–Crippen MR) is 66.7 cm³/mol. The summed E-state index contributed by atoms with van der Waals surface area (Å²) >= 11 is 0. The maximum Gasteiger partial charge on any atom is 0.326 e.